The van der Waals surface area contributed by atoms with Crippen LogP contribution >= 0.6 is 12.8 Å². The number of hydrogen-bond donors (Lipinski definition) is 6. The minimum absolute atomic E-state index is 0.167. The molecule has 0 aliphatic heterocycles. The Morgan fingerprint density at radius 2 is 1.70 bits per heavy atom. The fraction of sp³-hybridized carbons (Fsp3) is 0.364. The van der Waals surface area contributed by atoms with E-state index in [1.165, 1.54) is 18.4 Å². The van der Waals surface area contributed by atoms with Gasteiger partial charge in [-0.05, 0) is 97.7 Å². The van der Waals surface area contributed by atoms with Crippen LogP contribution in [-0.4, -0.2) is 57.6 Å². The third-order valence-electron chi connectivity index (χ3n) is 8.50. The lowest BCUT2D eigenvalue weighted by Gasteiger charge is -2.28. The Bertz CT molecular complexity index is 1660. The monoisotopic (exact) mass is 666 g/mol. The summed E-state index contributed by atoms with van der Waals surface area (Å²) in [6, 6.07) is 16.6. The van der Waals surface area contributed by atoms with Gasteiger partial charge in [-0.15, -0.1) is 0 Å². The largest absolute Gasteiger partial charge is 0.344 e. The molecule has 6 N–H and O–H groups in total. The molecule has 1 fully saturated rings. The second-order valence-electron chi connectivity index (χ2n) is 11.8. The highest BCUT2D eigenvalue weighted by molar-refractivity contribution is 7.89. The molecule has 0 radical (unpaired) electrons. The number of sulfonamides is 1. The van der Waals surface area contributed by atoms with E-state index in [1.54, 1.807) is 36.4 Å². The van der Waals surface area contributed by atoms with E-state index in [0.717, 1.165) is 47.9 Å². The first-order valence-electron chi connectivity index (χ1n) is 15.1. The Balaban J connectivity index is 1.57. The van der Waals surface area contributed by atoms with Gasteiger partial charge in [-0.3, -0.25) is 14.4 Å². The summed E-state index contributed by atoms with van der Waals surface area (Å²) in [5, 5.41) is 8.44. The molecule has 1 atom stereocenters. The molecule has 1 aliphatic carbocycles. The van der Waals surface area contributed by atoms with Gasteiger partial charge in [-0.1, -0.05) is 43.1 Å². The number of carbonyl (C=O) groups excluding carboxylic acids is 3. The van der Waals surface area contributed by atoms with Gasteiger partial charge in [0, 0.05) is 32.1 Å². The van der Waals surface area contributed by atoms with Gasteiger partial charge in [-0.2, -0.15) is 0 Å². The molecule has 11 nitrogen and oxygen atoms in total. The zero-order valence-corrected chi connectivity index (χ0v) is 28.0. The van der Waals surface area contributed by atoms with Crippen LogP contribution in [0.1, 0.15) is 36.8 Å². The van der Waals surface area contributed by atoms with Gasteiger partial charge < -0.3 is 26.4 Å². The summed E-state index contributed by atoms with van der Waals surface area (Å²) in [7, 11) is -0.614. The Morgan fingerprint density at radius 3 is 2.30 bits per heavy atom. The molecule has 3 amide bonds. The molecule has 0 unspecified atom stereocenters. The van der Waals surface area contributed by atoms with Crippen LogP contribution in [0, 0.1) is 18.8 Å². The van der Waals surface area contributed by atoms with Crippen molar-refractivity contribution in [3.63, 3.8) is 0 Å². The van der Waals surface area contributed by atoms with Crippen molar-refractivity contribution in [2.45, 2.75) is 50.0 Å². The number of carbonyl (C=O) groups is 3. The van der Waals surface area contributed by atoms with Crippen molar-refractivity contribution in [3.05, 3.63) is 71.8 Å². The topological polar surface area (TPSA) is 163 Å². The van der Waals surface area contributed by atoms with Crippen molar-refractivity contribution in [3.8, 4) is 11.1 Å². The highest BCUT2D eigenvalue weighted by atomic mass is 32.2. The van der Waals surface area contributed by atoms with Crippen LogP contribution in [0.3, 0.4) is 0 Å². The Kier molecular flexibility index (Phi) is 11.8. The van der Waals surface area contributed by atoms with Crippen molar-refractivity contribution in [1.29, 1.82) is 0 Å². The second kappa shape index (κ2) is 15.6. The van der Waals surface area contributed by atoms with Crippen molar-refractivity contribution in [2.75, 3.05) is 36.0 Å². The third-order valence-corrected chi connectivity index (χ3v) is 10.6. The van der Waals surface area contributed by atoms with Gasteiger partial charge in [-0.25, -0.2) is 12.7 Å². The molecule has 0 spiro atoms. The van der Waals surface area contributed by atoms with E-state index >= 15 is 0 Å². The highest BCUT2D eigenvalue weighted by Crippen LogP contribution is 2.30. The molecule has 1 saturated carbocycles. The Morgan fingerprint density at radius 1 is 1.00 bits per heavy atom. The molecular formula is C33H42N6O5S2. The van der Waals surface area contributed by atoms with E-state index < -0.39 is 22.0 Å². The van der Waals surface area contributed by atoms with Gasteiger partial charge in [0.25, 0.3) is 0 Å². The first-order valence-corrected chi connectivity index (χ1v) is 17.0. The molecule has 0 bridgehead atoms. The first-order chi connectivity index (χ1) is 22.0. The molecular weight excluding hydrogens is 625 g/mol. The van der Waals surface area contributed by atoms with Crippen LogP contribution in [0.2, 0.25) is 0 Å². The fourth-order valence-electron chi connectivity index (χ4n) is 5.63. The number of rotatable bonds is 13. The first kappa shape index (κ1) is 35.0. The van der Waals surface area contributed by atoms with Gasteiger partial charge in [0.05, 0.1) is 16.3 Å². The minimum atomic E-state index is -3.61. The highest BCUT2D eigenvalue weighted by Gasteiger charge is 2.29. The predicted octanol–water partition coefficient (Wildman–Crippen LogP) is 4.17. The van der Waals surface area contributed by atoms with Crippen LogP contribution in [0.4, 0.5) is 17.1 Å². The number of thiol groups is 1. The molecule has 3 aromatic carbocycles. The molecule has 1 aliphatic rings. The normalized spacial score (nSPS) is 17.2. The lowest BCUT2D eigenvalue weighted by Crippen LogP contribution is -2.48. The van der Waals surface area contributed by atoms with E-state index in [9.17, 15) is 22.8 Å². The lowest BCUT2D eigenvalue weighted by atomic mass is 9.81. The summed E-state index contributed by atoms with van der Waals surface area (Å²) in [6.45, 7) is 2.52. The van der Waals surface area contributed by atoms with Crippen LogP contribution in [-0.2, 0) is 30.8 Å². The number of nitrogens with zero attached hydrogens (tertiary/aromatic N) is 1. The lowest BCUT2D eigenvalue weighted by molar-refractivity contribution is -0.130. The Hall–Kier alpha value is -3.91. The maximum Gasteiger partial charge on any atom is 0.247 e. The van der Waals surface area contributed by atoms with Crippen molar-refractivity contribution in [2.24, 2.45) is 17.6 Å². The van der Waals surface area contributed by atoms with Gasteiger partial charge >= 0.3 is 0 Å². The summed E-state index contributed by atoms with van der Waals surface area (Å²) < 4.78 is 29.3. The average Bonchev–Trinajstić information content (AvgIpc) is 3.05. The zero-order valence-electron chi connectivity index (χ0n) is 26.2. The summed E-state index contributed by atoms with van der Waals surface area (Å²) in [4.78, 5) is 38.3. The number of anilines is 3. The number of amides is 3. The number of benzene rings is 3. The van der Waals surface area contributed by atoms with E-state index in [1.807, 2.05) is 31.2 Å². The Labute approximate surface area is 276 Å². The van der Waals surface area contributed by atoms with Gasteiger partial charge in [0.15, 0.2) is 0 Å². The molecule has 13 heteroatoms. The van der Waals surface area contributed by atoms with Crippen LogP contribution < -0.4 is 26.4 Å². The molecule has 3 aromatic rings. The van der Waals surface area contributed by atoms with Crippen LogP contribution in [0.25, 0.3) is 11.1 Å². The molecule has 46 heavy (non-hydrogen) atoms. The number of nitrogens with one attached hydrogen (secondary N) is 4. The van der Waals surface area contributed by atoms with Gasteiger partial charge in [0.2, 0.25) is 28.2 Å². The minimum Gasteiger partial charge on any atom is -0.344 e. The van der Waals surface area contributed by atoms with E-state index in [0.29, 0.717) is 35.9 Å². The molecule has 0 heterocycles. The summed E-state index contributed by atoms with van der Waals surface area (Å²) in [6.07, 6.45) is 3.94. The maximum atomic E-state index is 13.7. The van der Waals surface area contributed by atoms with Crippen LogP contribution in [0.5, 0.6) is 0 Å². The van der Waals surface area contributed by atoms with Crippen molar-refractivity contribution >= 4 is 58.1 Å². The zero-order chi connectivity index (χ0) is 33.4. The average molecular weight is 667 g/mol. The molecule has 246 valence electrons. The fourth-order valence-corrected chi connectivity index (χ4v) is 6.75. The summed E-state index contributed by atoms with van der Waals surface area (Å²) in [5.41, 5.74) is 10.6. The van der Waals surface area contributed by atoms with E-state index in [2.05, 4.69) is 33.5 Å². The summed E-state index contributed by atoms with van der Waals surface area (Å²) >= 11 is 4.05. The predicted molar refractivity (Wildman–Crippen MR) is 185 cm³/mol. The number of aryl methyl sites for hydroxylation is 1. The number of nitrogens with two attached hydrogens (primary N) is 1. The molecule has 0 aromatic heterocycles. The smallest absolute Gasteiger partial charge is 0.247 e. The van der Waals surface area contributed by atoms with E-state index in [4.69, 9.17) is 5.73 Å². The van der Waals surface area contributed by atoms with Crippen LogP contribution in [0.15, 0.2) is 65.6 Å². The number of hydrogen-bond acceptors (Lipinski definition) is 8. The standard InChI is InChI=1S/C33H42N6O5S2/c1-21-4-14-27(46(43,44)39(2)3)18-28(21)24-9-5-22(6-10-24)16-31(37-32(41)25-11-7-23(19-34)8-12-25)33(42)36-26-13-15-29(38-45)30(17-26)35-20-40/h4-6,9-10,13-15,17-18,20,23,25,31,38,45H,7-8,11-12,16,19,34H2,1-3H3,(H,35,40)(H,36,42)(H,37,41)/t23?,25?,31-/m0/s1. The molecule has 4 rings (SSSR count). The van der Waals surface area contributed by atoms with Gasteiger partial charge in [0.1, 0.15) is 6.04 Å². The summed E-state index contributed by atoms with van der Waals surface area (Å²) in [5.74, 6) is -0.356. The van der Waals surface area contributed by atoms with Crippen molar-refractivity contribution < 1.29 is 22.8 Å². The van der Waals surface area contributed by atoms with E-state index in [-0.39, 0.29) is 23.1 Å². The molecule has 0 saturated heterocycles. The second-order valence-corrected chi connectivity index (χ2v) is 14.2. The van der Waals surface area contributed by atoms with Crippen molar-refractivity contribution in [1.82, 2.24) is 9.62 Å². The third kappa shape index (κ3) is 8.46. The quantitative estimate of drug-likeness (QED) is 0.118. The maximum absolute atomic E-state index is 13.7. The SMILES string of the molecule is Cc1ccc(S(=O)(=O)N(C)C)cc1-c1ccc(C[C@H](NC(=O)C2CCC(CN)CC2)C(=O)Nc2ccc(NS)c(NC=O)c2)cc1.